The summed E-state index contributed by atoms with van der Waals surface area (Å²) in [6.45, 7) is 6.71. The maximum atomic E-state index is 12.1. The van der Waals surface area contributed by atoms with Crippen LogP contribution in [0.15, 0.2) is 18.2 Å². The minimum Gasteiger partial charge on any atom is -0.481 e. The van der Waals surface area contributed by atoms with Crippen molar-refractivity contribution in [1.29, 1.82) is 0 Å². The predicted octanol–water partition coefficient (Wildman–Crippen LogP) is 0.451. The largest absolute Gasteiger partial charge is 0.481 e. The van der Waals surface area contributed by atoms with Crippen molar-refractivity contribution in [2.24, 2.45) is 0 Å². The van der Waals surface area contributed by atoms with Crippen LogP contribution < -0.4 is 9.46 Å². The number of pyridine rings is 1. The molecular weight excluding hydrogens is 304 g/mol. The highest BCUT2D eigenvalue weighted by Crippen LogP contribution is 2.12. The first kappa shape index (κ1) is 17.1. The first-order valence-electron chi connectivity index (χ1n) is 7.40. The molecule has 0 spiro atoms. The molecule has 1 aromatic heterocycles. The highest BCUT2D eigenvalue weighted by molar-refractivity contribution is 7.87. The standard InChI is InChI=1S/C14H24N4O3S/c1-12(2)16-22(19,20)18-9-7-17(8-10-18)11-13-5-4-6-14(15-13)21-3/h4-6,12,16H,7-11H2,1-3H3. The summed E-state index contributed by atoms with van der Waals surface area (Å²) >= 11 is 0. The molecule has 1 fully saturated rings. The normalized spacial score (nSPS) is 17.8. The molecule has 0 atom stereocenters. The zero-order valence-electron chi connectivity index (χ0n) is 13.3. The van der Waals surface area contributed by atoms with Crippen molar-refractivity contribution in [3.63, 3.8) is 0 Å². The van der Waals surface area contributed by atoms with Gasteiger partial charge in [0.25, 0.3) is 10.2 Å². The van der Waals surface area contributed by atoms with Crippen molar-refractivity contribution in [2.45, 2.75) is 26.4 Å². The molecule has 1 saturated heterocycles. The first-order chi connectivity index (χ1) is 10.4. The second-order valence-electron chi connectivity index (χ2n) is 5.62. The summed E-state index contributed by atoms with van der Waals surface area (Å²) in [4.78, 5) is 6.58. The average Bonchev–Trinajstić information content (AvgIpc) is 2.47. The maximum Gasteiger partial charge on any atom is 0.279 e. The lowest BCUT2D eigenvalue weighted by molar-refractivity contribution is 0.178. The first-order valence-corrected chi connectivity index (χ1v) is 8.84. The Labute approximate surface area is 132 Å². The van der Waals surface area contributed by atoms with Gasteiger partial charge in [0.2, 0.25) is 5.88 Å². The third-order valence-electron chi connectivity index (χ3n) is 3.43. The van der Waals surface area contributed by atoms with Crippen molar-refractivity contribution >= 4 is 10.2 Å². The van der Waals surface area contributed by atoms with Crippen LogP contribution in [0.4, 0.5) is 0 Å². The van der Waals surface area contributed by atoms with E-state index >= 15 is 0 Å². The molecule has 2 rings (SSSR count). The SMILES string of the molecule is COc1cccc(CN2CCN(S(=O)(=O)NC(C)C)CC2)n1. The van der Waals surface area contributed by atoms with Crippen LogP contribution in [0.25, 0.3) is 0 Å². The molecule has 0 radical (unpaired) electrons. The minimum absolute atomic E-state index is 0.0935. The van der Waals surface area contributed by atoms with Crippen molar-refractivity contribution in [2.75, 3.05) is 33.3 Å². The van der Waals surface area contributed by atoms with Crippen LogP contribution in [0.5, 0.6) is 5.88 Å². The third kappa shape index (κ3) is 4.64. The lowest BCUT2D eigenvalue weighted by Crippen LogP contribution is -2.52. The lowest BCUT2D eigenvalue weighted by atomic mass is 10.3. The fourth-order valence-corrected chi connectivity index (χ4v) is 3.78. The molecule has 1 aliphatic heterocycles. The second-order valence-corrected chi connectivity index (χ2v) is 7.33. The van der Waals surface area contributed by atoms with Crippen LogP contribution in [0.1, 0.15) is 19.5 Å². The Hall–Kier alpha value is -1.22. The molecule has 0 saturated carbocycles. The number of nitrogens with zero attached hydrogens (tertiary/aromatic N) is 3. The van der Waals surface area contributed by atoms with Gasteiger partial charge in [-0.2, -0.15) is 17.4 Å². The molecule has 8 heteroatoms. The Kier molecular flexibility index (Phi) is 5.74. The van der Waals surface area contributed by atoms with E-state index < -0.39 is 10.2 Å². The zero-order valence-corrected chi connectivity index (χ0v) is 14.1. The van der Waals surface area contributed by atoms with E-state index in [1.807, 2.05) is 32.0 Å². The van der Waals surface area contributed by atoms with Crippen molar-refractivity contribution in [1.82, 2.24) is 18.9 Å². The van der Waals surface area contributed by atoms with E-state index in [2.05, 4.69) is 14.6 Å². The number of hydrogen-bond donors (Lipinski definition) is 1. The highest BCUT2D eigenvalue weighted by Gasteiger charge is 2.27. The topological polar surface area (TPSA) is 74.8 Å². The number of piperazine rings is 1. The molecule has 0 bridgehead atoms. The number of nitrogens with one attached hydrogen (secondary N) is 1. The Bertz CT molecular complexity index is 584. The summed E-state index contributed by atoms with van der Waals surface area (Å²) in [5.74, 6) is 0.597. The summed E-state index contributed by atoms with van der Waals surface area (Å²) in [7, 11) is -1.77. The Morgan fingerprint density at radius 1 is 1.27 bits per heavy atom. The van der Waals surface area contributed by atoms with E-state index in [9.17, 15) is 8.42 Å². The van der Waals surface area contributed by atoms with E-state index in [1.54, 1.807) is 7.11 Å². The number of aromatic nitrogens is 1. The van der Waals surface area contributed by atoms with Crippen LogP contribution in [0.2, 0.25) is 0 Å². The minimum atomic E-state index is -3.37. The Morgan fingerprint density at radius 3 is 2.55 bits per heavy atom. The van der Waals surface area contributed by atoms with Gasteiger partial charge < -0.3 is 4.74 Å². The van der Waals surface area contributed by atoms with E-state index in [0.29, 0.717) is 38.6 Å². The number of rotatable bonds is 6. The fraction of sp³-hybridized carbons (Fsp3) is 0.643. The smallest absolute Gasteiger partial charge is 0.279 e. The van der Waals surface area contributed by atoms with Crippen LogP contribution in [0.3, 0.4) is 0 Å². The molecule has 0 aromatic carbocycles. The summed E-state index contributed by atoms with van der Waals surface area (Å²) in [5, 5.41) is 0. The molecule has 2 heterocycles. The highest BCUT2D eigenvalue weighted by atomic mass is 32.2. The van der Waals surface area contributed by atoms with Gasteiger partial charge in [0, 0.05) is 44.8 Å². The summed E-state index contributed by atoms with van der Waals surface area (Å²) in [5.41, 5.74) is 0.927. The van der Waals surface area contributed by atoms with Crippen LogP contribution >= 0.6 is 0 Å². The molecule has 1 N–H and O–H groups in total. The fourth-order valence-electron chi connectivity index (χ4n) is 2.39. The number of methoxy groups -OCH3 is 1. The monoisotopic (exact) mass is 328 g/mol. The van der Waals surface area contributed by atoms with Crippen molar-refractivity contribution in [3.05, 3.63) is 23.9 Å². The summed E-state index contributed by atoms with van der Waals surface area (Å²) < 4.78 is 33.5. The summed E-state index contributed by atoms with van der Waals surface area (Å²) in [6.07, 6.45) is 0. The van der Waals surface area contributed by atoms with Crippen molar-refractivity contribution in [3.8, 4) is 5.88 Å². The average molecular weight is 328 g/mol. The molecular formula is C14H24N4O3S. The quantitative estimate of drug-likeness (QED) is 0.821. The molecule has 0 aliphatic carbocycles. The van der Waals surface area contributed by atoms with Gasteiger partial charge in [0.15, 0.2) is 0 Å². The van der Waals surface area contributed by atoms with E-state index in [0.717, 1.165) is 5.69 Å². The van der Waals surface area contributed by atoms with Gasteiger partial charge >= 0.3 is 0 Å². The lowest BCUT2D eigenvalue weighted by Gasteiger charge is -2.34. The molecule has 7 nitrogen and oxygen atoms in total. The summed E-state index contributed by atoms with van der Waals surface area (Å²) in [6, 6.07) is 5.58. The van der Waals surface area contributed by atoms with E-state index in [4.69, 9.17) is 4.74 Å². The zero-order chi connectivity index (χ0) is 16.2. The molecule has 1 aliphatic rings. The van der Waals surface area contributed by atoms with Gasteiger partial charge in [-0.25, -0.2) is 4.98 Å². The third-order valence-corrected chi connectivity index (χ3v) is 5.25. The van der Waals surface area contributed by atoms with Gasteiger partial charge in [0.05, 0.1) is 12.8 Å². The molecule has 124 valence electrons. The number of ether oxygens (including phenoxy) is 1. The van der Waals surface area contributed by atoms with E-state index in [1.165, 1.54) is 4.31 Å². The Morgan fingerprint density at radius 2 is 1.95 bits per heavy atom. The van der Waals surface area contributed by atoms with Crippen molar-refractivity contribution < 1.29 is 13.2 Å². The second kappa shape index (κ2) is 7.36. The van der Waals surface area contributed by atoms with Gasteiger partial charge in [-0.15, -0.1) is 0 Å². The van der Waals surface area contributed by atoms with Gasteiger partial charge in [-0.3, -0.25) is 4.90 Å². The van der Waals surface area contributed by atoms with Crippen LogP contribution in [0, 0.1) is 0 Å². The van der Waals surface area contributed by atoms with Gasteiger partial charge in [-0.05, 0) is 19.9 Å². The molecule has 0 amide bonds. The van der Waals surface area contributed by atoms with Gasteiger partial charge in [-0.1, -0.05) is 6.07 Å². The molecule has 0 unspecified atom stereocenters. The Balaban J connectivity index is 1.89. The number of hydrogen-bond acceptors (Lipinski definition) is 5. The van der Waals surface area contributed by atoms with E-state index in [-0.39, 0.29) is 6.04 Å². The predicted molar refractivity (Wildman–Crippen MR) is 84.8 cm³/mol. The van der Waals surface area contributed by atoms with Crippen LogP contribution in [-0.2, 0) is 16.8 Å². The molecule has 22 heavy (non-hydrogen) atoms. The maximum absolute atomic E-state index is 12.1. The van der Waals surface area contributed by atoms with Crippen LogP contribution in [-0.4, -0.2) is 61.9 Å². The molecule has 1 aromatic rings. The van der Waals surface area contributed by atoms with Gasteiger partial charge in [0.1, 0.15) is 0 Å².